The summed E-state index contributed by atoms with van der Waals surface area (Å²) in [5.41, 5.74) is 3.23. The summed E-state index contributed by atoms with van der Waals surface area (Å²) in [7, 11) is 0. The third-order valence-corrected chi connectivity index (χ3v) is 5.53. The number of aryl methyl sites for hydroxylation is 1. The first kappa shape index (κ1) is 18.5. The molecular formula is C23H24FNO3. The molecule has 2 N–H and O–H groups in total. The molecule has 0 radical (unpaired) electrons. The minimum absolute atomic E-state index is 0.0298. The predicted octanol–water partition coefficient (Wildman–Crippen LogP) is 5.56. The molecule has 3 aromatic rings. The van der Waals surface area contributed by atoms with Crippen LogP contribution < -0.4 is 4.74 Å². The van der Waals surface area contributed by atoms with E-state index in [1.165, 1.54) is 18.9 Å². The van der Waals surface area contributed by atoms with E-state index in [9.17, 15) is 9.18 Å². The van der Waals surface area contributed by atoms with E-state index < -0.39 is 11.8 Å². The van der Waals surface area contributed by atoms with Crippen molar-refractivity contribution in [3.8, 4) is 16.9 Å². The summed E-state index contributed by atoms with van der Waals surface area (Å²) in [5, 5.41) is 10.0. The number of aromatic nitrogens is 1. The molecule has 1 aromatic heterocycles. The number of benzene rings is 2. The maximum absolute atomic E-state index is 15.0. The molecule has 0 atom stereocenters. The van der Waals surface area contributed by atoms with Gasteiger partial charge in [-0.3, -0.25) is 4.79 Å². The third-order valence-electron chi connectivity index (χ3n) is 5.53. The zero-order valence-electron chi connectivity index (χ0n) is 15.7. The van der Waals surface area contributed by atoms with Crippen molar-refractivity contribution in [3.05, 3.63) is 54.0 Å². The second-order valence-electron chi connectivity index (χ2n) is 7.59. The van der Waals surface area contributed by atoms with Crippen LogP contribution in [0.2, 0.25) is 0 Å². The lowest BCUT2D eigenvalue weighted by Crippen LogP contribution is -2.10. The highest BCUT2D eigenvalue weighted by Gasteiger charge is 2.20. The van der Waals surface area contributed by atoms with Gasteiger partial charge in [0.2, 0.25) is 0 Å². The Morgan fingerprint density at radius 2 is 2.00 bits per heavy atom. The van der Waals surface area contributed by atoms with Gasteiger partial charge in [0.05, 0.1) is 6.61 Å². The van der Waals surface area contributed by atoms with Crippen LogP contribution in [0.15, 0.2) is 42.6 Å². The molecule has 4 rings (SSSR count). The largest absolute Gasteiger partial charge is 0.490 e. The quantitative estimate of drug-likeness (QED) is 0.563. The minimum atomic E-state index is -0.891. The van der Waals surface area contributed by atoms with Crippen molar-refractivity contribution in [1.29, 1.82) is 0 Å². The van der Waals surface area contributed by atoms with E-state index in [0.29, 0.717) is 23.7 Å². The number of ether oxygens (including phenoxy) is 1. The van der Waals surface area contributed by atoms with E-state index in [1.54, 1.807) is 0 Å². The van der Waals surface area contributed by atoms with Gasteiger partial charge in [0, 0.05) is 23.7 Å². The molecule has 0 saturated heterocycles. The summed E-state index contributed by atoms with van der Waals surface area (Å²) in [4.78, 5) is 14.1. The molecule has 0 unspecified atom stereocenters. The Hall–Kier alpha value is -2.82. The first-order valence-corrected chi connectivity index (χ1v) is 9.84. The molecule has 0 aliphatic heterocycles. The van der Waals surface area contributed by atoms with E-state index in [2.05, 4.69) is 4.98 Å². The van der Waals surface area contributed by atoms with Gasteiger partial charge in [-0.25, -0.2) is 4.39 Å². The molecule has 1 heterocycles. The number of hydrogen-bond donors (Lipinski definition) is 2. The molecule has 2 aromatic carbocycles. The van der Waals surface area contributed by atoms with Crippen LogP contribution in [-0.4, -0.2) is 22.7 Å². The first-order chi connectivity index (χ1) is 13.6. The molecule has 0 bridgehead atoms. The lowest BCUT2D eigenvalue weighted by molar-refractivity contribution is -0.136. The number of H-pyrrole nitrogens is 1. The number of aliphatic carboxylic acids is 1. The van der Waals surface area contributed by atoms with Crippen LogP contribution in [-0.2, 0) is 11.2 Å². The Morgan fingerprint density at radius 3 is 2.79 bits per heavy atom. The van der Waals surface area contributed by atoms with Crippen LogP contribution in [0.4, 0.5) is 4.39 Å². The summed E-state index contributed by atoms with van der Waals surface area (Å²) >= 11 is 0. The van der Waals surface area contributed by atoms with Gasteiger partial charge in [-0.15, -0.1) is 0 Å². The summed E-state index contributed by atoms with van der Waals surface area (Å²) in [6.07, 6.45) is 6.80. The van der Waals surface area contributed by atoms with Crippen molar-refractivity contribution in [2.24, 2.45) is 5.92 Å². The number of nitrogens with one attached hydrogen (secondary N) is 1. The molecule has 146 valence electrons. The Labute approximate surface area is 163 Å². The number of carboxylic acid groups (broad SMARTS) is 1. The van der Waals surface area contributed by atoms with E-state index in [1.807, 2.05) is 36.5 Å². The van der Waals surface area contributed by atoms with E-state index >= 15 is 0 Å². The van der Waals surface area contributed by atoms with Gasteiger partial charge < -0.3 is 14.8 Å². The molecule has 1 aliphatic rings. The lowest BCUT2D eigenvalue weighted by atomic mass is 9.98. The number of carbonyl (C=O) groups is 1. The highest BCUT2D eigenvalue weighted by atomic mass is 19.1. The van der Waals surface area contributed by atoms with Crippen LogP contribution in [0.1, 0.15) is 37.7 Å². The number of carboxylic acids is 1. The van der Waals surface area contributed by atoms with Gasteiger partial charge in [0.1, 0.15) is 0 Å². The standard InChI is InChI=1S/C23H24FNO3/c24-20-12-16(5-8-22(26)27)11-19(23(20)28-14-15-3-1-2-4-15)17-6-7-21-18(13-17)9-10-25-21/h6-7,9-13,15,25H,1-5,8,14H2,(H,26,27). The average Bonchev–Trinajstić information content (AvgIpc) is 3.36. The molecule has 5 heteroatoms. The lowest BCUT2D eigenvalue weighted by Gasteiger charge is -2.17. The maximum Gasteiger partial charge on any atom is 0.303 e. The van der Waals surface area contributed by atoms with Gasteiger partial charge >= 0.3 is 5.97 Å². The topological polar surface area (TPSA) is 62.3 Å². The number of aromatic amines is 1. The number of hydrogen-bond acceptors (Lipinski definition) is 2. The molecule has 1 aliphatic carbocycles. The fourth-order valence-corrected chi connectivity index (χ4v) is 4.01. The smallest absolute Gasteiger partial charge is 0.303 e. The molecule has 0 amide bonds. The van der Waals surface area contributed by atoms with Crippen molar-refractivity contribution < 1.29 is 19.0 Å². The molecule has 0 spiro atoms. The summed E-state index contributed by atoms with van der Waals surface area (Å²) in [5.74, 6) is -0.575. The van der Waals surface area contributed by atoms with Crippen molar-refractivity contribution in [2.75, 3.05) is 6.61 Å². The number of halogens is 1. The normalized spacial score (nSPS) is 14.6. The van der Waals surface area contributed by atoms with Crippen LogP contribution in [0, 0.1) is 11.7 Å². The second-order valence-corrected chi connectivity index (χ2v) is 7.59. The Bertz CT molecular complexity index is 989. The summed E-state index contributed by atoms with van der Waals surface area (Å²) in [6, 6.07) is 11.2. The van der Waals surface area contributed by atoms with Crippen LogP contribution in [0.3, 0.4) is 0 Å². The van der Waals surface area contributed by atoms with Gasteiger partial charge in [0.25, 0.3) is 0 Å². The maximum atomic E-state index is 15.0. The van der Waals surface area contributed by atoms with E-state index in [0.717, 1.165) is 29.3 Å². The Morgan fingerprint density at radius 1 is 1.18 bits per heavy atom. The first-order valence-electron chi connectivity index (χ1n) is 9.84. The van der Waals surface area contributed by atoms with Crippen molar-refractivity contribution in [1.82, 2.24) is 4.98 Å². The van der Waals surface area contributed by atoms with Crippen LogP contribution in [0.5, 0.6) is 5.75 Å². The third kappa shape index (κ3) is 4.03. The molecule has 28 heavy (non-hydrogen) atoms. The highest BCUT2D eigenvalue weighted by Crippen LogP contribution is 2.37. The van der Waals surface area contributed by atoms with Gasteiger partial charge in [0.15, 0.2) is 11.6 Å². The van der Waals surface area contributed by atoms with Crippen molar-refractivity contribution in [3.63, 3.8) is 0 Å². The SMILES string of the molecule is O=C(O)CCc1cc(F)c(OCC2CCCC2)c(-c2ccc3[nH]ccc3c2)c1. The van der Waals surface area contributed by atoms with Gasteiger partial charge in [-0.2, -0.15) is 0 Å². The van der Waals surface area contributed by atoms with Gasteiger partial charge in [-0.1, -0.05) is 18.9 Å². The summed E-state index contributed by atoms with van der Waals surface area (Å²) in [6.45, 7) is 0.519. The average molecular weight is 381 g/mol. The van der Waals surface area contributed by atoms with Gasteiger partial charge in [-0.05, 0) is 72.0 Å². The second kappa shape index (κ2) is 8.05. The van der Waals surface area contributed by atoms with Crippen LogP contribution in [0.25, 0.3) is 22.0 Å². The number of fused-ring (bicyclic) bond motifs is 1. The fourth-order valence-electron chi connectivity index (χ4n) is 4.01. The Balaban J connectivity index is 1.70. The molecule has 1 saturated carbocycles. The zero-order chi connectivity index (χ0) is 19.5. The molecule has 4 nitrogen and oxygen atoms in total. The van der Waals surface area contributed by atoms with E-state index in [-0.39, 0.29) is 18.6 Å². The monoisotopic (exact) mass is 381 g/mol. The molecular weight excluding hydrogens is 357 g/mol. The fraction of sp³-hybridized carbons (Fsp3) is 0.348. The van der Waals surface area contributed by atoms with Crippen LogP contribution >= 0.6 is 0 Å². The van der Waals surface area contributed by atoms with Crippen molar-refractivity contribution >= 4 is 16.9 Å². The highest BCUT2D eigenvalue weighted by molar-refractivity contribution is 5.86. The Kier molecular flexibility index (Phi) is 5.33. The zero-order valence-corrected chi connectivity index (χ0v) is 15.7. The number of rotatable bonds is 7. The predicted molar refractivity (Wildman–Crippen MR) is 107 cm³/mol. The minimum Gasteiger partial charge on any atom is -0.490 e. The van der Waals surface area contributed by atoms with Crippen molar-refractivity contribution in [2.45, 2.75) is 38.5 Å². The van der Waals surface area contributed by atoms with E-state index in [4.69, 9.17) is 9.84 Å². The summed E-state index contributed by atoms with van der Waals surface area (Å²) < 4.78 is 21.0. The molecule has 1 fully saturated rings.